The van der Waals surface area contributed by atoms with Crippen LogP contribution in [0.15, 0.2) is 18.2 Å². The highest BCUT2D eigenvalue weighted by Crippen LogP contribution is 2.32. The standard InChI is InChI=1S/C31H55N3O10/c1-20(2)18-32-30(36)25(22(5)6)17-27(35)26(33-31(37)43-19-44-34(38)39)16-24(21(3)4)14-23-10-11-28(41-8)29(15-23)42-13-9-12-40-7/h10-11,15,20-22,24-27,35,38-39H,9,12-14,16-19H2,1-8H3,(H,32,36)(H,33,37). The summed E-state index contributed by atoms with van der Waals surface area (Å²) in [6.07, 6.45) is -0.158. The van der Waals surface area contributed by atoms with Crippen molar-refractivity contribution < 1.29 is 48.9 Å². The van der Waals surface area contributed by atoms with Gasteiger partial charge in [0.2, 0.25) is 12.7 Å². The molecule has 0 radical (unpaired) electrons. The fraction of sp³-hybridized carbons (Fsp3) is 0.742. The van der Waals surface area contributed by atoms with E-state index in [0.717, 1.165) is 12.0 Å². The van der Waals surface area contributed by atoms with Gasteiger partial charge in [-0.1, -0.05) is 47.6 Å². The number of aliphatic hydroxyl groups excluding tert-OH is 1. The molecule has 0 spiro atoms. The van der Waals surface area contributed by atoms with Gasteiger partial charge >= 0.3 is 6.09 Å². The average molecular weight is 630 g/mol. The highest BCUT2D eigenvalue weighted by atomic mass is 17.1. The van der Waals surface area contributed by atoms with E-state index >= 15 is 0 Å². The average Bonchev–Trinajstić information content (AvgIpc) is 2.95. The quantitative estimate of drug-likeness (QED) is 0.0709. The molecular weight excluding hydrogens is 574 g/mol. The second kappa shape index (κ2) is 21.1. The molecule has 1 rings (SSSR count). The summed E-state index contributed by atoms with van der Waals surface area (Å²) in [5.41, 5.74) is 0.995. The molecule has 13 heteroatoms. The Bertz CT molecular complexity index is 961. The molecule has 2 amide bonds. The number of ether oxygens (including phenoxy) is 4. The highest BCUT2D eigenvalue weighted by molar-refractivity contribution is 5.79. The number of amides is 2. The van der Waals surface area contributed by atoms with Crippen LogP contribution in [0.25, 0.3) is 0 Å². The van der Waals surface area contributed by atoms with Gasteiger partial charge < -0.3 is 34.7 Å². The van der Waals surface area contributed by atoms with Crippen LogP contribution in [0.1, 0.15) is 66.4 Å². The fourth-order valence-electron chi connectivity index (χ4n) is 4.74. The van der Waals surface area contributed by atoms with Crippen molar-refractivity contribution in [3.05, 3.63) is 23.8 Å². The number of alkyl carbamates (subject to hydrolysis) is 1. The minimum Gasteiger partial charge on any atom is -0.493 e. The molecule has 44 heavy (non-hydrogen) atoms. The van der Waals surface area contributed by atoms with Gasteiger partial charge in [0.1, 0.15) is 0 Å². The Labute approximate surface area is 262 Å². The lowest BCUT2D eigenvalue weighted by Crippen LogP contribution is -2.48. The molecule has 0 bridgehead atoms. The van der Waals surface area contributed by atoms with Gasteiger partial charge in [-0.2, -0.15) is 0 Å². The van der Waals surface area contributed by atoms with E-state index in [1.807, 2.05) is 45.9 Å². The van der Waals surface area contributed by atoms with Gasteiger partial charge in [-0.3, -0.25) is 15.2 Å². The van der Waals surface area contributed by atoms with Crippen LogP contribution < -0.4 is 20.1 Å². The Hall–Kier alpha value is -2.68. The molecular formula is C31H55N3O10. The van der Waals surface area contributed by atoms with Crippen LogP contribution in [0.2, 0.25) is 0 Å². The molecule has 0 aromatic heterocycles. The van der Waals surface area contributed by atoms with Gasteiger partial charge in [-0.15, -0.1) is 0 Å². The maximum atomic E-state index is 13.0. The molecule has 4 unspecified atom stereocenters. The number of carbonyl (C=O) groups excluding carboxylic acids is 2. The van der Waals surface area contributed by atoms with E-state index in [0.29, 0.717) is 44.1 Å². The Morgan fingerprint density at radius 1 is 0.955 bits per heavy atom. The van der Waals surface area contributed by atoms with E-state index < -0.39 is 36.3 Å². The van der Waals surface area contributed by atoms with Gasteiger partial charge in [-0.25, -0.2) is 9.63 Å². The molecule has 1 aromatic rings. The summed E-state index contributed by atoms with van der Waals surface area (Å²) in [4.78, 5) is 29.9. The van der Waals surface area contributed by atoms with E-state index in [1.54, 1.807) is 14.2 Å². The van der Waals surface area contributed by atoms with Crippen molar-refractivity contribution in [3.63, 3.8) is 0 Å². The van der Waals surface area contributed by atoms with E-state index in [-0.39, 0.29) is 36.0 Å². The molecule has 254 valence electrons. The number of hydrogen-bond acceptors (Lipinski definition) is 11. The molecule has 13 nitrogen and oxygen atoms in total. The number of nitrogens with zero attached hydrogens (tertiary/aromatic N) is 1. The van der Waals surface area contributed by atoms with Crippen molar-refractivity contribution in [1.82, 2.24) is 16.0 Å². The monoisotopic (exact) mass is 629 g/mol. The van der Waals surface area contributed by atoms with Crippen LogP contribution in [0.3, 0.4) is 0 Å². The van der Waals surface area contributed by atoms with E-state index in [1.165, 1.54) is 0 Å². The normalized spacial score (nSPS) is 14.4. The van der Waals surface area contributed by atoms with Crippen LogP contribution in [0.4, 0.5) is 4.79 Å². The Morgan fingerprint density at radius 3 is 2.23 bits per heavy atom. The van der Waals surface area contributed by atoms with Gasteiger partial charge in [-0.05, 0) is 60.6 Å². The third-order valence-electron chi connectivity index (χ3n) is 7.42. The number of rotatable bonds is 22. The number of aliphatic hydroxyl groups is 1. The number of methoxy groups -OCH3 is 2. The second-order valence-corrected chi connectivity index (χ2v) is 12.1. The first kappa shape index (κ1) is 39.3. The number of hydrogen-bond donors (Lipinski definition) is 5. The van der Waals surface area contributed by atoms with Gasteiger partial charge in [0.25, 0.3) is 0 Å². The van der Waals surface area contributed by atoms with Crippen LogP contribution in [0.5, 0.6) is 11.5 Å². The van der Waals surface area contributed by atoms with Crippen LogP contribution in [-0.4, -0.2) is 85.8 Å². The first-order chi connectivity index (χ1) is 20.8. The first-order valence-corrected chi connectivity index (χ1v) is 15.3. The summed E-state index contributed by atoms with van der Waals surface area (Å²) in [5, 5.41) is 34.0. The van der Waals surface area contributed by atoms with Crippen LogP contribution in [0, 0.1) is 29.6 Å². The van der Waals surface area contributed by atoms with Crippen molar-refractivity contribution in [3.8, 4) is 11.5 Å². The van der Waals surface area contributed by atoms with Gasteiger partial charge in [0.05, 0.1) is 31.3 Å². The molecule has 0 saturated heterocycles. The van der Waals surface area contributed by atoms with E-state index in [2.05, 4.69) is 29.3 Å². The number of benzene rings is 1. The maximum Gasteiger partial charge on any atom is 0.409 e. The highest BCUT2D eigenvalue weighted by Gasteiger charge is 2.32. The van der Waals surface area contributed by atoms with Crippen molar-refractivity contribution in [2.75, 3.05) is 40.8 Å². The second-order valence-electron chi connectivity index (χ2n) is 12.1. The van der Waals surface area contributed by atoms with E-state index in [4.69, 9.17) is 29.4 Å². The Morgan fingerprint density at radius 2 is 1.66 bits per heavy atom. The molecule has 0 fully saturated rings. The number of nitrogens with one attached hydrogen (secondary N) is 2. The third kappa shape index (κ3) is 15.4. The molecule has 0 saturated carbocycles. The van der Waals surface area contributed by atoms with Crippen molar-refractivity contribution in [2.24, 2.45) is 29.6 Å². The molecule has 0 aliphatic rings. The largest absolute Gasteiger partial charge is 0.493 e. The van der Waals surface area contributed by atoms with E-state index in [9.17, 15) is 14.7 Å². The third-order valence-corrected chi connectivity index (χ3v) is 7.42. The molecule has 0 aliphatic carbocycles. The summed E-state index contributed by atoms with van der Waals surface area (Å²) in [6, 6.07) is 4.98. The lowest BCUT2D eigenvalue weighted by atomic mass is 9.80. The fourth-order valence-corrected chi connectivity index (χ4v) is 4.74. The van der Waals surface area contributed by atoms with Gasteiger partial charge in [0.15, 0.2) is 11.5 Å². The molecule has 1 aromatic carbocycles. The topological polar surface area (TPSA) is 168 Å². The molecule has 5 N–H and O–H groups in total. The zero-order valence-electron chi connectivity index (χ0n) is 27.6. The zero-order chi connectivity index (χ0) is 33.2. The summed E-state index contributed by atoms with van der Waals surface area (Å²) in [5.74, 6) is 0.984. The minimum atomic E-state index is -1.08. The SMILES string of the molecule is COCCCOc1cc(CC(CC(NC(=O)OCON(O)O)C(O)CC(C(=O)NCC(C)C)C(C)C)C(C)C)ccc1OC. The van der Waals surface area contributed by atoms with Crippen LogP contribution >= 0.6 is 0 Å². The summed E-state index contributed by atoms with van der Waals surface area (Å²) < 4.78 is 21.4. The lowest BCUT2D eigenvalue weighted by Gasteiger charge is -2.32. The first-order valence-electron chi connectivity index (χ1n) is 15.3. The van der Waals surface area contributed by atoms with Crippen LogP contribution in [-0.2, 0) is 25.5 Å². The summed E-state index contributed by atoms with van der Waals surface area (Å²) >= 11 is 0. The van der Waals surface area contributed by atoms with Crippen molar-refractivity contribution in [1.29, 1.82) is 0 Å². The molecule has 0 heterocycles. The lowest BCUT2D eigenvalue weighted by molar-refractivity contribution is -0.503. The summed E-state index contributed by atoms with van der Waals surface area (Å²) in [7, 11) is 3.23. The van der Waals surface area contributed by atoms with Crippen molar-refractivity contribution >= 4 is 12.0 Å². The Balaban J connectivity index is 3.19. The number of carbonyl (C=O) groups is 2. The molecule has 4 atom stereocenters. The zero-order valence-corrected chi connectivity index (χ0v) is 27.6. The molecule has 0 aliphatic heterocycles. The predicted molar refractivity (Wildman–Crippen MR) is 163 cm³/mol. The smallest absolute Gasteiger partial charge is 0.409 e. The predicted octanol–water partition coefficient (Wildman–Crippen LogP) is 4.18. The minimum absolute atomic E-state index is 0.00132. The van der Waals surface area contributed by atoms with Crippen molar-refractivity contribution in [2.45, 2.75) is 79.4 Å². The maximum absolute atomic E-state index is 13.0. The Kier molecular flexibility index (Phi) is 18.9. The summed E-state index contributed by atoms with van der Waals surface area (Å²) in [6.45, 7) is 12.8. The van der Waals surface area contributed by atoms with Gasteiger partial charge in [0, 0.05) is 32.6 Å².